The van der Waals surface area contributed by atoms with E-state index in [0.717, 1.165) is 31.5 Å². The van der Waals surface area contributed by atoms with Crippen LogP contribution in [-0.4, -0.2) is 29.8 Å². The van der Waals surface area contributed by atoms with Crippen molar-refractivity contribution >= 4 is 5.95 Å². The van der Waals surface area contributed by atoms with Crippen molar-refractivity contribution in [3.05, 3.63) is 5.89 Å². The fraction of sp³-hybridized carbons (Fsp3) is 0.833. The Morgan fingerprint density at radius 2 is 2.06 bits per heavy atom. The third kappa shape index (κ3) is 2.97. The molecule has 94 valence electrons. The van der Waals surface area contributed by atoms with Gasteiger partial charge >= 0.3 is 0 Å². The number of hydrogen-bond acceptors (Lipinski definition) is 5. The minimum atomic E-state index is 0.706. The molecule has 0 amide bonds. The first-order valence-electron chi connectivity index (χ1n) is 6.70. The lowest BCUT2D eigenvalue weighted by Crippen LogP contribution is -2.30. The van der Waals surface area contributed by atoms with Crippen LogP contribution in [0.1, 0.15) is 38.0 Å². The van der Waals surface area contributed by atoms with E-state index in [9.17, 15) is 0 Å². The monoisotopic (exact) mass is 236 g/mol. The second-order valence-electron chi connectivity index (χ2n) is 5.11. The fourth-order valence-corrected chi connectivity index (χ4v) is 2.25. The highest BCUT2D eigenvalue weighted by Gasteiger charge is 2.21. The van der Waals surface area contributed by atoms with Crippen molar-refractivity contribution in [1.29, 1.82) is 0 Å². The highest BCUT2D eigenvalue weighted by atomic mass is 16.5. The quantitative estimate of drug-likeness (QED) is 0.840. The van der Waals surface area contributed by atoms with Crippen LogP contribution in [0.5, 0.6) is 0 Å². The molecule has 2 aliphatic rings. The number of nitrogens with zero attached hydrogens (tertiary/aromatic N) is 3. The molecule has 5 nitrogen and oxygen atoms in total. The van der Waals surface area contributed by atoms with Gasteiger partial charge in [0, 0.05) is 13.1 Å². The van der Waals surface area contributed by atoms with Gasteiger partial charge in [-0.05, 0) is 49.7 Å². The second kappa shape index (κ2) is 5.04. The molecule has 1 aliphatic heterocycles. The topological polar surface area (TPSA) is 54.2 Å². The Hall–Kier alpha value is -1.10. The van der Waals surface area contributed by atoms with Crippen LogP contribution in [0.15, 0.2) is 4.52 Å². The Kier molecular flexibility index (Phi) is 3.27. The van der Waals surface area contributed by atoms with Gasteiger partial charge in [0.25, 0.3) is 5.95 Å². The summed E-state index contributed by atoms with van der Waals surface area (Å²) in [6, 6.07) is 0. The molecule has 2 heterocycles. The number of piperidine rings is 1. The maximum Gasteiger partial charge on any atom is 0.266 e. The maximum atomic E-state index is 5.25. The standard InChI is InChI=1S/C12H20N4O/c1-2-6-16(7-3-1)12-14-11(17-15-12)9-13-8-10-4-5-10/h10,13H,1-9H2. The fourth-order valence-electron chi connectivity index (χ4n) is 2.25. The molecular weight excluding hydrogens is 216 g/mol. The van der Waals surface area contributed by atoms with Crippen LogP contribution >= 0.6 is 0 Å². The average molecular weight is 236 g/mol. The van der Waals surface area contributed by atoms with Crippen molar-refractivity contribution in [2.24, 2.45) is 5.92 Å². The van der Waals surface area contributed by atoms with Crippen LogP contribution in [0, 0.1) is 5.92 Å². The molecule has 1 aliphatic carbocycles. The van der Waals surface area contributed by atoms with E-state index in [4.69, 9.17) is 4.52 Å². The third-order valence-corrected chi connectivity index (χ3v) is 3.50. The number of rotatable bonds is 5. The van der Waals surface area contributed by atoms with Gasteiger partial charge in [0.15, 0.2) is 0 Å². The molecule has 1 aromatic heterocycles. The number of nitrogens with one attached hydrogen (secondary N) is 1. The molecule has 3 rings (SSSR count). The number of hydrogen-bond donors (Lipinski definition) is 1. The first kappa shape index (κ1) is 11.0. The largest absolute Gasteiger partial charge is 0.338 e. The third-order valence-electron chi connectivity index (χ3n) is 3.50. The molecule has 1 saturated carbocycles. The van der Waals surface area contributed by atoms with E-state index in [0.29, 0.717) is 12.4 Å². The van der Waals surface area contributed by atoms with E-state index < -0.39 is 0 Å². The Morgan fingerprint density at radius 1 is 1.24 bits per heavy atom. The molecule has 5 heteroatoms. The lowest BCUT2D eigenvalue weighted by atomic mass is 10.1. The van der Waals surface area contributed by atoms with Crippen molar-refractivity contribution in [3.63, 3.8) is 0 Å². The van der Waals surface area contributed by atoms with Gasteiger partial charge in [0.05, 0.1) is 6.54 Å². The van der Waals surface area contributed by atoms with Gasteiger partial charge in [-0.15, -0.1) is 0 Å². The van der Waals surface area contributed by atoms with Crippen LogP contribution < -0.4 is 10.2 Å². The SMILES string of the molecule is C1CCN(c2noc(CNCC3CC3)n2)CC1. The van der Waals surface area contributed by atoms with Crippen LogP contribution in [0.3, 0.4) is 0 Å². The van der Waals surface area contributed by atoms with Crippen molar-refractivity contribution < 1.29 is 4.52 Å². The summed E-state index contributed by atoms with van der Waals surface area (Å²) < 4.78 is 5.25. The molecule has 1 aromatic rings. The predicted molar refractivity (Wildman–Crippen MR) is 64.8 cm³/mol. The smallest absolute Gasteiger partial charge is 0.266 e. The van der Waals surface area contributed by atoms with Gasteiger partial charge in [-0.3, -0.25) is 0 Å². The Bertz CT molecular complexity index is 355. The summed E-state index contributed by atoms with van der Waals surface area (Å²) >= 11 is 0. The molecule has 0 bridgehead atoms. The second-order valence-corrected chi connectivity index (χ2v) is 5.11. The van der Waals surface area contributed by atoms with Crippen molar-refractivity contribution in [2.75, 3.05) is 24.5 Å². The lowest BCUT2D eigenvalue weighted by Gasteiger charge is -2.24. The normalized spacial score (nSPS) is 20.8. The van der Waals surface area contributed by atoms with E-state index in [1.165, 1.54) is 32.1 Å². The van der Waals surface area contributed by atoms with Gasteiger partial charge in [-0.2, -0.15) is 4.98 Å². The first-order chi connectivity index (χ1) is 8.42. The van der Waals surface area contributed by atoms with E-state index >= 15 is 0 Å². The molecule has 1 N–H and O–H groups in total. The summed E-state index contributed by atoms with van der Waals surface area (Å²) in [5, 5.41) is 7.42. The van der Waals surface area contributed by atoms with Gasteiger partial charge in [-0.1, -0.05) is 0 Å². The van der Waals surface area contributed by atoms with Crippen molar-refractivity contribution in [2.45, 2.75) is 38.6 Å². The highest BCUT2D eigenvalue weighted by Crippen LogP contribution is 2.27. The minimum absolute atomic E-state index is 0.706. The number of aromatic nitrogens is 2. The zero-order chi connectivity index (χ0) is 11.5. The van der Waals surface area contributed by atoms with Gasteiger partial charge in [0.2, 0.25) is 5.89 Å². The molecule has 0 atom stereocenters. The summed E-state index contributed by atoms with van der Waals surface area (Å²) in [6.45, 7) is 3.92. The lowest BCUT2D eigenvalue weighted by molar-refractivity contribution is 0.365. The Balaban J connectivity index is 1.49. The van der Waals surface area contributed by atoms with Crippen LogP contribution in [0.2, 0.25) is 0 Å². The van der Waals surface area contributed by atoms with E-state index in [1.54, 1.807) is 0 Å². The zero-order valence-corrected chi connectivity index (χ0v) is 10.2. The molecule has 0 aromatic carbocycles. The Morgan fingerprint density at radius 3 is 2.82 bits per heavy atom. The minimum Gasteiger partial charge on any atom is -0.338 e. The highest BCUT2D eigenvalue weighted by molar-refractivity contribution is 5.27. The van der Waals surface area contributed by atoms with E-state index in [1.807, 2.05) is 0 Å². The van der Waals surface area contributed by atoms with Crippen molar-refractivity contribution in [3.8, 4) is 0 Å². The summed E-state index contributed by atoms with van der Waals surface area (Å²) in [7, 11) is 0. The predicted octanol–water partition coefficient (Wildman–Crippen LogP) is 1.56. The van der Waals surface area contributed by atoms with Gasteiger partial charge < -0.3 is 14.7 Å². The molecule has 2 fully saturated rings. The average Bonchev–Trinajstić information content (AvgIpc) is 3.07. The van der Waals surface area contributed by atoms with Crippen LogP contribution in [0.25, 0.3) is 0 Å². The molecular formula is C12H20N4O. The summed E-state index contributed by atoms with van der Waals surface area (Å²) in [5.74, 6) is 2.37. The Labute approximate surface area is 102 Å². The van der Waals surface area contributed by atoms with E-state index in [-0.39, 0.29) is 0 Å². The maximum absolute atomic E-state index is 5.25. The number of anilines is 1. The summed E-state index contributed by atoms with van der Waals surface area (Å²) in [6.07, 6.45) is 6.55. The zero-order valence-electron chi connectivity index (χ0n) is 10.2. The van der Waals surface area contributed by atoms with Gasteiger partial charge in [-0.25, -0.2) is 0 Å². The molecule has 17 heavy (non-hydrogen) atoms. The summed E-state index contributed by atoms with van der Waals surface area (Å²) in [4.78, 5) is 6.66. The van der Waals surface area contributed by atoms with E-state index in [2.05, 4.69) is 20.4 Å². The molecule has 0 unspecified atom stereocenters. The molecule has 1 saturated heterocycles. The first-order valence-corrected chi connectivity index (χ1v) is 6.70. The van der Waals surface area contributed by atoms with Crippen LogP contribution in [-0.2, 0) is 6.54 Å². The molecule has 0 spiro atoms. The van der Waals surface area contributed by atoms with Crippen molar-refractivity contribution in [1.82, 2.24) is 15.5 Å². The van der Waals surface area contributed by atoms with Gasteiger partial charge in [0.1, 0.15) is 0 Å². The molecule has 0 radical (unpaired) electrons. The van der Waals surface area contributed by atoms with Crippen LogP contribution in [0.4, 0.5) is 5.95 Å². The summed E-state index contributed by atoms with van der Waals surface area (Å²) in [5.41, 5.74) is 0.